The second-order valence-electron chi connectivity index (χ2n) is 6.77. The molecule has 2 N–H and O–H groups in total. The van der Waals surface area contributed by atoms with E-state index in [1.807, 2.05) is 38.1 Å². The van der Waals surface area contributed by atoms with Crippen molar-refractivity contribution in [2.75, 3.05) is 13.6 Å². The van der Waals surface area contributed by atoms with Crippen molar-refractivity contribution in [3.8, 4) is 11.5 Å². The van der Waals surface area contributed by atoms with E-state index in [1.54, 1.807) is 13.3 Å². The van der Waals surface area contributed by atoms with Gasteiger partial charge in [0, 0.05) is 24.7 Å². The molecule has 0 saturated carbocycles. The maximum absolute atomic E-state index is 5.59. The van der Waals surface area contributed by atoms with Gasteiger partial charge in [0.1, 0.15) is 12.0 Å². The first kappa shape index (κ1) is 22.9. The quantitative estimate of drug-likeness (QED) is 0.215. The zero-order chi connectivity index (χ0) is 19.9. The van der Waals surface area contributed by atoms with Gasteiger partial charge in [-0.1, -0.05) is 22.9 Å². The van der Waals surface area contributed by atoms with Crippen LogP contribution in [0.2, 0.25) is 0 Å². The second-order valence-corrected chi connectivity index (χ2v) is 6.77. The number of nitrogens with zero attached hydrogens (tertiary/aromatic N) is 3. The average molecular weight is 509 g/mol. The molecule has 3 aromatic rings. The van der Waals surface area contributed by atoms with Crippen LogP contribution in [0.15, 0.2) is 44.5 Å². The fraction of sp³-hybridized carbons (Fsp3) is 0.381. The lowest BCUT2D eigenvalue weighted by Gasteiger charge is -2.10. The summed E-state index contributed by atoms with van der Waals surface area (Å²) in [7, 11) is 1.75. The van der Waals surface area contributed by atoms with Crippen molar-refractivity contribution in [3.05, 3.63) is 58.8 Å². The van der Waals surface area contributed by atoms with Gasteiger partial charge in [0.05, 0.1) is 17.9 Å². The summed E-state index contributed by atoms with van der Waals surface area (Å²) in [5, 5.41) is 10.6. The highest BCUT2D eigenvalue weighted by atomic mass is 127. The molecule has 0 aliphatic heterocycles. The van der Waals surface area contributed by atoms with E-state index >= 15 is 0 Å². The third kappa shape index (κ3) is 6.31. The molecule has 3 rings (SSSR count). The van der Waals surface area contributed by atoms with Gasteiger partial charge in [0.25, 0.3) is 0 Å². The number of rotatable bonds is 7. The molecule has 1 aromatic carbocycles. The minimum Gasteiger partial charge on any atom is -0.444 e. The van der Waals surface area contributed by atoms with Crippen molar-refractivity contribution < 1.29 is 8.94 Å². The number of hydrogen-bond acceptors (Lipinski definition) is 5. The molecule has 29 heavy (non-hydrogen) atoms. The molecule has 0 fully saturated rings. The van der Waals surface area contributed by atoms with E-state index in [0.29, 0.717) is 12.4 Å². The van der Waals surface area contributed by atoms with Crippen LogP contribution in [0.4, 0.5) is 0 Å². The van der Waals surface area contributed by atoms with Crippen molar-refractivity contribution >= 4 is 29.9 Å². The van der Waals surface area contributed by atoms with Gasteiger partial charge in [-0.05, 0) is 45.7 Å². The second kappa shape index (κ2) is 11.0. The number of hydrogen-bond donors (Lipinski definition) is 2. The number of nitrogens with one attached hydrogen (secondary N) is 2. The topological polar surface area (TPSA) is 88.5 Å². The minimum absolute atomic E-state index is 0. The number of halogens is 1. The number of guanidine groups is 1. The Labute approximate surface area is 188 Å². The summed E-state index contributed by atoms with van der Waals surface area (Å²) >= 11 is 0. The summed E-state index contributed by atoms with van der Waals surface area (Å²) in [6.07, 6.45) is 3.56. The Morgan fingerprint density at radius 1 is 1.10 bits per heavy atom. The Balaban J connectivity index is 0.00000300. The number of benzene rings is 1. The van der Waals surface area contributed by atoms with E-state index in [1.165, 1.54) is 11.1 Å². The number of oxazole rings is 1. The number of aryl methyl sites for hydroxylation is 3. The van der Waals surface area contributed by atoms with Gasteiger partial charge in [-0.3, -0.25) is 4.99 Å². The first-order valence-electron chi connectivity index (χ1n) is 9.44. The molecular formula is C21H28IN5O2. The molecule has 0 spiro atoms. The third-order valence-corrected chi connectivity index (χ3v) is 4.59. The predicted octanol–water partition coefficient (Wildman–Crippen LogP) is 4.17. The van der Waals surface area contributed by atoms with Crippen LogP contribution in [-0.4, -0.2) is 29.7 Å². The van der Waals surface area contributed by atoms with Crippen molar-refractivity contribution in [2.24, 2.45) is 4.99 Å². The smallest absolute Gasteiger partial charge is 0.226 e. The molecule has 0 saturated heterocycles. The Bertz CT molecular complexity index is 911. The lowest BCUT2D eigenvalue weighted by atomic mass is 10.1. The molecule has 0 amide bonds. The molecular weight excluding hydrogens is 481 g/mol. The van der Waals surface area contributed by atoms with E-state index in [4.69, 9.17) is 8.94 Å². The van der Waals surface area contributed by atoms with Gasteiger partial charge >= 0.3 is 0 Å². The third-order valence-electron chi connectivity index (χ3n) is 4.59. The summed E-state index contributed by atoms with van der Waals surface area (Å²) in [6, 6.07) is 8.12. The van der Waals surface area contributed by atoms with Crippen molar-refractivity contribution in [2.45, 2.75) is 40.2 Å². The Morgan fingerprint density at radius 3 is 2.52 bits per heavy atom. The average Bonchev–Trinajstić information content (AvgIpc) is 3.29. The summed E-state index contributed by atoms with van der Waals surface area (Å²) in [4.78, 5) is 8.79. The molecule has 7 nitrogen and oxygen atoms in total. The first-order valence-corrected chi connectivity index (χ1v) is 9.44. The maximum atomic E-state index is 5.59. The molecule has 2 aromatic heterocycles. The summed E-state index contributed by atoms with van der Waals surface area (Å²) in [5.41, 5.74) is 5.17. The molecule has 0 aliphatic carbocycles. The first-order chi connectivity index (χ1) is 13.6. The molecule has 8 heteroatoms. The van der Waals surface area contributed by atoms with Gasteiger partial charge in [-0.25, -0.2) is 4.98 Å². The van der Waals surface area contributed by atoms with E-state index < -0.39 is 0 Å². The zero-order valence-corrected chi connectivity index (χ0v) is 19.6. The van der Waals surface area contributed by atoms with Crippen molar-refractivity contribution in [3.63, 3.8) is 0 Å². The highest BCUT2D eigenvalue weighted by Gasteiger charge is 2.09. The monoisotopic (exact) mass is 509 g/mol. The molecule has 0 unspecified atom stereocenters. The normalized spacial score (nSPS) is 11.2. The fourth-order valence-electron chi connectivity index (χ4n) is 2.94. The van der Waals surface area contributed by atoms with E-state index in [2.05, 4.69) is 32.7 Å². The van der Waals surface area contributed by atoms with E-state index in [-0.39, 0.29) is 24.0 Å². The van der Waals surface area contributed by atoms with Crippen LogP contribution in [0.5, 0.6) is 0 Å². The van der Waals surface area contributed by atoms with Gasteiger partial charge in [-0.2, -0.15) is 0 Å². The van der Waals surface area contributed by atoms with Crippen molar-refractivity contribution in [1.29, 1.82) is 0 Å². The van der Waals surface area contributed by atoms with Crippen LogP contribution >= 0.6 is 24.0 Å². The predicted molar refractivity (Wildman–Crippen MR) is 125 cm³/mol. The molecule has 0 atom stereocenters. The summed E-state index contributed by atoms with van der Waals surface area (Å²) in [5.74, 6) is 2.26. The van der Waals surface area contributed by atoms with Gasteiger partial charge < -0.3 is 19.6 Å². The highest BCUT2D eigenvalue weighted by Crippen LogP contribution is 2.19. The molecule has 0 aliphatic rings. The van der Waals surface area contributed by atoms with Crippen LogP contribution < -0.4 is 10.6 Å². The zero-order valence-electron chi connectivity index (χ0n) is 17.3. The largest absolute Gasteiger partial charge is 0.444 e. The van der Waals surface area contributed by atoms with Gasteiger partial charge in [0.15, 0.2) is 5.96 Å². The lowest BCUT2D eigenvalue weighted by Crippen LogP contribution is -2.37. The summed E-state index contributed by atoms with van der Waals surface area (Å²) < 4.78 is 10.8. The highest BCUT2D eigenvalue weighted by molar-refractivity contribution is 14.0. The number of aromatic nitrogens is 2. The van der Waals surface area contributed by atoms with Gasteiger partial charge in [-0.15, -0.1) is 24.0 Å². The number of aliphatic imine (C=N–C) groups is 1. The van der Waals surface area contributed by atoms with Crippen LogP contribution in [0, 0.1) is 20.8 Å². The summed E-state index contributed by atoms with van der Waals surface area (Å²) in [6.45, 7) is 7.33. The standard InChI is InChI=1S/C21H27N5O2.HI/c1-14-7-9-17(10-8-14)20-25-18(13-27-20)12-24-21(22-4)23-11-5-6-19-15(2)26-28-16(19)3;/h7-10,13H,5-6,11-12H2,1-4H3,(H2,22,23,24);1H. The SMILES string of the molecule is CN=C(NCCCc1c(C)noc1C)NCc1coc(-c2ccc(C)cc2)n1.I. The van der Waals surface area contributed by atoms with Gasteiger partial charge in [0.2, 0.25) is 5.89 Å². The lowest BCUT2D eigenvalue weighted by molar-refractivity contribution is 0.392. The molecule has 0 bridgehead atoms. The van der Waals surface area contributed by atoms with Crippen LogP contribution in [0.3, 0.4) is 0 Å². The Kier molecular flexibility index (Phi) is 8.69. The van der Waals surface area contributed by atoms with Crippen LogP contribution in [-0.2, 0) is 13.0 Å². The van der Waals surface area contributed by atoms with Crippen molar-refractivity contribution in [1.82, 2.24) is 20.8 Å². The Hall–Kier alpha value is -2.36. The molecule has 156 valence electrons. The Morgan fingerprint density at radius 2 is 1.86 bits per heavy atom. The van der Waals surface area contributed by atoms with E-state index in [9.17, 15) is 0 Å². The maximum Gasteiger partial charge on any atom is 0.226 e. The van der Waals surface area contributed by atoms with E-state index in [0.717, 1.165) is 48.1 Å². The minimum atomic E-state index is 0. The molecule has 0 radical (unpaired) electrons. The fourth-order valence-corrected chi connectivity index (χ4v) is 2.94. The van der Waals surface area contributed by atoms with Crippen LogP contribution in [0.1, 0.15) is 34.7 Å². The van der Waals surface area contributed by atoms with Crippen LogP contribution in [0.25, 0.3) is 11.5 Å². The molecule has 2 heterocycles.